The van der Waals surface area contributed by atoms with Gasteiger partial charge in [-0.2, -0.15) is 5.10 Å². The van der Waals surface area contributed by atoms with E-state index in [2.05, 4.69) is 58.0 Å². The number of fused-ring (bicyclic) bond motifs is 1. The molecule has 2 fully saturated rings. The molecule has 0 bridgehead atoms. The molecule has 2 saturated heterocycles. The number of rotatable bonds is 6. The predicted octanol–water partition coefficient (Wildman–Crippen LogP) is 4.38. The van der Waals surface area contributed by atoms with Gasteiger partial charge in [-0.05, 0) is 88.4 Å². The van der Waals surface area contributed by atoms with Gasteiger partial charge in [0.25, 0.3) is 0 Å². The van der Waals surface area contributed by atoms with Gasteiger partial charge in [-0.15, -0.1) is 0 Å². The molecule has 8 nitrogen and oxygen atoms in total. The summed E-state index contributed by atoms with van der Waals surface area (Å²) in [5.41, 5.74) is 7.57. The first-order valence-electron chi connectivity index (χ1n) is 12.8. The largest absolute Gasteiger partial charge is 0.381 e. The molecule has 35 heavy (non-hydrogen) atoms. The lowest BCUT2D eigenvalue weighted by Crippen LogP contribution is -2.40. The number of benzene rings is 1. The van der Waals surface area contributed by atoms with Crippen LogP contribution < -0.4 is 16.1 Å². The second-order valence-corrected chi connectivity index (χ2v) is 9.76. The van der Waals surface area contributed by atoms with Crippen LogP contribution in [-0.2, 0) is 11.8 Å². The Morgan fingerprint density at radius 3 is 2.83 bits per heavy atom. The molecule has 2 aromatic rings. The van der Waals surface area contributed by atoms with Crippen LogP contribution in [0.15, 0.2) is 59.4 Å². The van der Waals surface area contributed by atoms with Crippen molar-refractivity contribution in [1.82, 2.24) is 25.5 Å². The van der Waals surface area contributed by atoms with Crippen molar-refractivity contribution < 1.29 is 4.74 Å². The summed E-state index contributed by atoms with van der Waals surface area (Å²) < 4.78 is 7.47. The molecule has 0 aliphatic carbocycles. The normalized spacial score (nSPS) is 20.4. The van der Waals surface area contributed by atoms with Crippen LogP contribution in [-0.4, -0.2) is 53.0 Å². The van der Waals surface area contributed by atoms with Crippen molar-refractivity contribution in [3.63, 3.8) is 0 Å². The van der Waals surface area contributed by atoms with Crippen molar-refractivity contribution in [2.75, 3.05) is 31.6 Å². The van der Waals surface area contributed by atoms with E-state index in [4.69, 9.17) is 14.8 Å². The monoisotopic (exact) mass is 475 g/mol. The van der Waals surface area contributed by atoms with Gasteiger partial charge in [0.2, 0.25) is 0 Å². The van der Waals surface area contributed by atoms with Crippen LogP contribution in [0.3, 0.4) is 0 Å². The maximum absolute atomic E-state index is 5.53. The Morgan fingerprint density at radius 1 is 1.23 bits per heavy atom. The lowest BCUT2D eigenvalue weighted by molar-refractivity contribution is 0.0644. The number of anilines is 1. The Labute approximate surface area is 207 Å². The van der Waals surface area contributed by atoms with Crippen LogP contribution >= 0.6 is 0 Å². The zero-order chi connectivity index (χ0) is 24.2. The molecule has 0 saturated carbocycles. The van der Waals surface area contributed by atoms with E-state index in [1.165, 1.54) is 5.70 Å². The van der Waals surface area contributed by atoms with Crippen LogP contribution in [0.2, 0.25) is 0 Å². The average molecular weight is 476 g/mol. The zero-order valence-corrected chi connectivity index (χ0v) is 20.9. The minimum Gasteiger partial charge on any atom is -0.381 e. The highest BCUT2D eigenvalue weighted by Gasteiger charge is 2.21. The maximum Gasteiger partial charge on any atom is 0.156 e. The van der Waals surface area contributed by atoms with E-state index in [1.807, 2.05) is 24.7 Å². The van der Waals surface area contributed by atoms with Gasteiger partial charge in [0.05, 0.1) is 16.9 Å². The van der Waals surface area contributed by atoms with E-state index in [-0.39, 0.29) is 0 Å². The number of hydrogen-bond donors (Lipinski definition) is 3. The van der Waals surface area contributed by atoms with Gasteiger partial charge in [0.15, 0.2) is 5.82 Å². The molecule has 0 radical (unpaired) electrons. The van der Waals surface area contributed by atoms with E-state index < -0.39 is 0 Å². The second kappa shape index (κ2) is 10.7. The average Bonchev–Trinajstić information content (AvgIpc) is 3.17. The second-order valence-electron chi connectivity index (χ2n) is 9.76. The molecule has 5 rings (SSSR count). The smallest absolute Gasteiger partial charge is 0.156 e. The number of piperidine rings is 1. The fourth-order valence-electron chi connectivity index (χ4n) is 5.11. The first kappa shape index (κ1) is 23.6. The molecule has 8 heteroatoms. The summed E-state index contributed by atoms with van der Waals surface area (Å²) in [6.45, 7) is 10.1. The topological polar surface area (TPSA) is 78.7 Å². The van der Waals surface area contributed by atoms with Gasteiger partial charge in [0, 0.05) is 37.4 Å². The predicted molar refractivity (Wildman–Crippen MR) is 142 cm³/mol. The number of aryl methyl sites for hydroxylation is 1. The summed E-state index contributed by atoms with van der Waals surface area (Å²) in [4.78, 5) is 4.87. The highest BCUT2D eigenvalue weighted by Crippen LogP contribution is 2.29. The third-order valence-corrected chi connectivity index (χ3v) is 7.08. The molecule has 1 aromatic heterocycles. The summed E-state index contributed by atoms with van der Waals surface area (Å²) in [7, 11) is 1.99. The van der Waals surface area contributed by atoms with Gasteiger partial charge in [0.1, 0.15) is 5.84 Å². The third-order valence-electron chi connectivity index (χ3n) is 7.08. The molecule has 3 N–H and O–H groups in total. The van der Waals surface area contributed by atoms with Gasteiger partial charge in [-0.1, -0.05) is 12.7 Å². The number of hydrazine groups is 1. The first-order chi connectivity index (χ1) is 17.1. The van der Waals surface area contributed by atoms with Crippen molar-refractivity contribution in [3.8, 4) is 0 Å². The Bertz CT molecular complexity index is 1150. The van der Waals surface area contributed by atoms with Crippen molar-refractivity contribution in [3.05, 3.63) is 54.4 Å². The molecule has 0 atom stereocenters. The number of allylic oxidation sites excluding steroid dienone is 4. The van der Waals surface area contributed by atoms with E-state index in [0.717, 1.165) is 92.3 Å². The first-order valence-corrected chi connectivity index (χ1v) is 12.8. The molecule has 1 aromatic carbocycles. The summed E-state index contributed by atoms with van der Waals surface area (Å²) in [5.74, 6) is 2.41. The summed E-state index contributed by atoms with van der Waals surface area (Å²) >= 11 is 0. The van der Waals surface area contributed by atoms with E-state index in [9.17, 15) is 0 Å². The molecule has 3 aliphatic heterocycles. The van der Waals surface area contributed by atoms with Gasteiger partial charge in [-0.3, -0.25) is 15.1 Å². The Balaban J connectivity index is 1.30. The van der Waals surface area contributed by atoms with Crippen molar-refractivity contribution in [1.29, 1.82) is 0 Å². The zero-order valence-electron chi connectivity index (χ0n) is 20.9. The maximum atomic E-state index is 5.53. The van der Waals surface area contributed by atoms with Crippen molar-refractivity contribution in [2.24, 2.45) is 18.0 Å². The number of aromatic nitrogens is 2. The number of hydrogen-bond acceptors (Lipinski definition) is 6. The Kier molecular flexibility index (Phi) is 7.20. The van der Waals surface area contributed by atoms with Crippen molar-refractivity contribution >= 4 is 28.2 Å². The van der Waals surface area contributed by atoms with Crippen LogP contribution in [0, 0.1) is 5.92 Å². The summed E-state index contributed by atoms with van der Waals surface area (Å²) in [6.07, 6.45) is 11.7. The quantitative estimate of drug-likeness (QED) is 0.425. The molecule has 4 heterocycles. The minimum atomic E-state index is 0.466. The lowest BCUT2D eigenvalue weighted by Gasteiger charge is -2.33. The molecular formula is C27H37N7O. The number of nitrogens with one attached hydrogen (secondary N) is 3. The van der Waals surface area contributed by atoms with E-state index in [0.29, 0.717) is 12.0 Å². The minimum absolute atomic E-state index is 0.466. The molecule has 0 unspecified atom stereocenters. The van der Waals surface area contributed by atoms with E-state index in [1.54, 1.807) is 0 Å². The Hall–Kier alpha value is -3.10. The number of ether oxygens (including phenoxy) is 1. The van der Waals surface area contributed by atoms with Crippen LogP contribution in [0.5, 0.6) is 0 Å². The molecule has 0 amide bonds. The number of amidine groups is 1. The SMILES string of the molecule is C=C1C=CC=C(CC2CCOCC2)N1NC(C)=Nc1ccc2c(NC3CCNCC3)nn(C)c2c1. The molecule has 186 valence electrons. The van der Waals surface area contributed by atoms with E-state index >= 15 is 0 Å². The number of aliphatic imine (C=N–C) groups is 1. The van der Waals surface area contributed by atoms with Gasteiger partial charge >= 0.3 is 0 Å². The fraction of sp³-hybridized carbons (Fsp3) is 0.481. The lowest BCUT2D eigenvalue weighted by atomic mass is 9.94. The standard InChI is InChI=1S/C27H37N7O/c1-19-5-4-6-24(17-21-11-15-35-16-12-21)34(19)31-20(2)29-23-7-8-25-26(18-23)33(3)32-27(25)30-22-9-13-28-14-10-22/h4-8,18,21-22,28H,1,9-17H2,2-3H3,(H,29,31)(H,30,32). The van der Waals surface area contributed by atoms with Crippen LogP contribution in [0.4, 0.5) is 11.5 Å². The van der Waals surface area contributed by atoms with Crippen molar-refractivity contribution in [2.45, 2.75) is 45.1 Å². The summed E-state index contributed by atoms with van der Waals surface area (Å²) in [6, 6.07) is 6.75. The Morgan fingerprint density at radius 2 is 2.03 bits per heavy atom. The molecular weight excluding hydrogens is 438 g/mol. The highest BCUT2D eigenvalue weighted by atomic mass is 16.5. The molecule has 0 spiro atoms. The third kappa shape index (κ3) is 5.60. The van der Waals surface area contributed by atoms with Gasteiger partial charge in [-0.25, -0.2) is 4.99 Å². The summed E-state index contributed by atoms with van der Waals surface area (Å²) in [5, 5.41) is 15.0. The molecule has 3 aliphatic rings. The fourth-order valence-corrected chi connectivity index (χ4v) is 5.11. The van der Waals surface area contributed by atoms with Crippen LogP contribution in [0.25, 0.3) is 10.9 Å². The highest BCUT2D eigenvalue weighted by molar-refractivity contribution is 5.93. The number of nitrogens with zero attached hydrogens (tertiary/aromatic N) is 4. The van der Waals surface area contributed by atoms with Crippen LogP contribution in [0.1, 0.15) is 39.0 Å². The van der Waals surface area contributed by atoms with Gasteiger partial charge < -0.3 is 15.4 Å².